The summed E-state index contributed by atoms with van der Waals surface area (Å²) in [7, 11) is 1.56. The van der Waals surface area contributed by atoms with Gasteiger partial charge in [0.15, 0.2) is 6.61 Å². The van der Waals surface area contributed by atoms with Crippen LogP contribution in [0.15, 0.2) is 78.4 Å². The van der Waals surface area contributed by atoms with Gasteiger partial charge in [0.25, 0.3) is 11.8 Å². The molecular formula is C25H20ClN3O4. The Kier molecular flexibility index (Phi) is 8.06. The minimum absolute atomic E-state index is 0.145. The van der Waals surface area contributed by atoms with Crippen molar-refractivity contribution in [3.05, 3.63) is 89.0 Å². The van der Waals surface area contributed by atoms with Crippen LogP contribution >= 0.6 is 11.6 Å². The number of nitrogens with one attached hydrogen (secondary N) is 2. The number of methoxy groups -OCH3 is 1. The van der Waals surface area contributed by atoms with Crippen LogP contribution in [-0.2, 0) is 9.59 Å². The fraction of sp³-hybridized carbons (Fsp3) is 0.0800. The number of nitriles is 1. The van der Waals surface area contributed by atoms with Crippen molar-refractivity contribution >= 4 is 40.9 Å². The minimum atomic E-state index is -0.613. The molecule has 0 heterocycles. The van der Waals surface area contributed by atoms with Crippen molar-refractivity contribution in [2.24, 2.45) is 0 Å². The first kappa shape index (κ1) is 23.4. The van der Waals surface area contributed by atoms with Crippen LogP contribution in [0.25, 0.3) is 6.08 Å². The van der Waals surface area contributed by atoms with E-state index in [0.717, 1.165) is 0 Å². The topological polar surface area (TPSA) is 100 Å². The highest BCUT2D eigenvalue weighted by atomic mass is 35.5. The molecule has 0 spiro atoms. The largest absolute Gasteiger partial charge is 0.497 e. The summed E-state index contributed by atoms with van der Waals surface area (Å²) in [6, 6.07) is 22.3. The van der Waals surface area contributed by atoms with E-state index in [4.69, 9.17) is 21.1 Å². The SMILES string of the molecule is COc1ccc(NC(=O)COc2ccccc2/C=C(\C#N)C(=O)Nc2ccccc2Cl)cc1. The van der Waals surface area contributed by atoms with E-state index < -0.39 is 5.91 Å². The molecule has 0 saturated carbocycles. The molecule has 8 heteroatoms. The number of carbonyl (C=O) groups excluding carboxylic acids is 2. The third-order valence-corrected chi connectivity index (χ3v) is 4.77. The van der Waals surface area contributed by atoms with Gasteiger partial charge in [0, 0.05) is 11.3 Å². The molecule has 0 aromatic heterocycles. The quantitative estimate of drug-likeness (QED) is 0.366. The van der Waals surface area contributed by atoms with E-state index in [-0.39, 0.29) is 18.1 Å². The Balaban J connectivity index is 1.68. The highest BCUT2D eigenvalue weighted by Gasteiger charge is 2.13. The number of amides is 2. The molecule has 3 aromatic carbocycles. The fourth-order valence-corrected chi connectivity index (χ4v) is 2.99. The molecule has 2 amide bonds. The Morgan fingerprint density at radius 2 is 1.70 bits per heavy atom. The van der Waals surface area contributed by atoms with Crippen LogP contribution < -0.4 is 20.1 Å². The predicted octanol–water partition coefficient (Wildman–Crippen LogP) is 4.91. The third kappa shape index (κ3) is 6.60. The molecule has 0 fully saturated rings. The molecule has 0 aliphatic rings. The number of ether oxygens (including phenoxy) is 2. The van der Waals surface area contributed by atoms with Crippen molar-refractivity contribution < 1.29 is 19.1 Å². The van der Waals surface area contributed by atoms with Gasteiger partial charge in [0.05, 0.1) is 17.8 Å². The molecule has 33 heavy (non-hydrogen) atoms. The van der Waals surface area contributed by atoms with Crippen molar-refractivity contribution in [1.29, 1.82) is 5.26 Å². The number of hydrogen-bond acceptors (Lipinski definition) is 5. The summed E-state index contributed by atoms with van der Waals surface area (Å²) in [4.78, 5) is 24.8. The summed E-state index contributed by atoms with van der Waals surface area (Å²) in [5, 5.41) is 15.2. The zero-order valence-corrected chi connectivity index (χ0v) is 18.4. The van der Waals surface area contributed by atoms with E-state index in [9.17, 15) is 14.9 Å². The van der Waals surface area contributed by atoms with Gasteiger partial charge in [-0.15, -0.1) is 0 Å². The first-order chi connectivity index (χ1) is 16.0. The minimum Gasteiger partial charge on any atom is -0.497 e. The van der Waals surface area contributed by atoms with Crippen LogP contribution in [0.3, 0.4) is 0 Å². The average molecular weight is 462 g/mol. The van der Waals surface area contributed by atoms with Gasteiger partial charge in [-0.3, -0.25) is 9.59 Å². The Morgan fingerprint density at radius 3 is 2.39 bits per heavy atom. The van der Waals surface area contributed by atoms with Gasteiger partial charge in [-0.2, -0.15) is 5.26 Å². The second-order valence-electron chi connectivity index (χ2n) is 6.71. The van der Waals surface area contributed by atoms with Gasteiger partial charge in [-0.1, -0.05) is 41.9 Å². The van der Waals surface area contributed by atoms with E-state index >= 15 is 0 Å². The summed E-state index contributed by atoms with van der Waals surface area (Å²) >= 11 is 6.06. The molecule has 0 radical (unpaired) electrons. The molecule has 0 unspecified atom stereocenters. The molecule has 0 saturated heterocycles. The Bertz CT molecular complexity index is 1220. The second-order valence-corrected chi connectivity index (χ2v) is 7.11. The van der Waals surface area contributed by atoms with Crippen LogP contribution in [0, 0.1) is 11.3 Å². The lowest BCUT2D eigenvalue weighted by atomic mass is 10.1. The first-order valence-electron chi connectivity index (χ1n) is 9.83. The zero-order chi connectivity index (χ0) is 23.6. The van der Waals surface area contributed by atoms with Crippen molar-refractivity contribution in [3.8, 4) is 17.6 Å². The second kappa shape index (κ2) is 11.4. The molecule has 3 rings (SSSR count). The maximum Gasteiger partial charge on any atom is 0.266 e. The fourth-order valence-electron chi connectivity index (χ4n) is 2.80. The van der Waals surface area contributed by atoms with Crippen LogP contribution in [0.2, 0.25) is 5.02 Å². The lowest BCUT2D eigenvalue weighted by Crippen LogP contribution is -2.20. The van der Waals surface area contributed by atoms with Crippen LogP contribution in [0.5, 0.6) is 11.5 Å². The number of anilines is 2. The van der Waals surface area contributed by atoms with Crippen molar-refractivity contribution in [2.45, 2.75) is 0 Å². The van der Waals surface area contributed by atoms with Gasteiger partial charge in [0.2, 0.25) is 0 Å². The number of benzene rings is 3. The molecule has 166 valence electrons. The highest BCUT2D eigenvalue weighted by molar-refractivity contribution is 6.34. The van der Waals surface area contributed by atoms with Crippen molar-refractivity contribution in [2.75, 3.05) is 24.4 Å². The Morgan fingerprint density at radius 1 is 1.00 bits per heavy atom. The lowest BCUT2D eigenvalue weighted by molar-refractivity contribution is -0.118. The summed E-state index contributed by atoms with van der Waals surface area (Å²) in [6.07, 6.45) is 1.39. The number of para-hydroxylation sites is 2. The average Bonchev–Trinajstić information content (AvgIpc) is 2.83. The van der Waals surface area contributed by atoms with Crippen LogP contribution in [0.4, 0.5) is 11.4 Å². The molecule has 0 bridgehead atoms. The number of hydrogen-bond donors (Lipinski definition) is 2. The van der Waals surface area contributed by atoms with E-state index in [2.05, 4.69) is 10.6 Å². The van der Waals surface area contributed by atoms with E-state index in [0.29, 0.717) is 33.5 Å². The maximum atomic E-state index is 12.6. The Labute approximate surface area is 196 Å². The van der Waals surface area contributed by atoms with E-state index in [1.54, 1.807) is 79.9 Å². The summed E-state index contributed by atoms with van der Waals surface area (Å²) in [6.45, 7) is -0.259. The van der Waals surface area contributed by atoms with E-state index in [1.807, 2.05) is 6.07 Å². The number of carbonyl (C=O) groups is 2. The predicted molar refractivity (Wildman–Crippen MR) is 127 cm³/mol. The Hall–Kier alpha value is -4.28. The standard InChI is InChI=1S/C25H20ClN3O4/c1-32-20-12-10-19(11-13-20)28-24(30)16-33-23-9-5-2-6-17(23)14-18(15-27)25(31)29-22-8-4-3-7-21(22)26/h2-14H,16H2,1H3,(H,28,30)(H,29,31)/b18-14+. The molecular weight excluding hydrogens is 442 g/mol. The zero-order valence-electron chi connectivity index (χ0n) is 17.7. The maximum absolute atomic E-state index is 12.6. The number of halogens is 1. The number of nitrogens with zero attached hydrogens (tertiary/aromatic N) is 1. The van der Waals surface area contributed by atoms with Gasteiger partial charge in [0.1, 0.15) is 23.1 Å². The van der Waals surface area contributed by atoms with Crippen LogP contribution in [0.1, 0.15) is 5.56 Å². The first-order valence-corrected chi connectivity index (χ1v) is 10.2. The van der Waals surface area contributed by atoms with E-state index in [1.165, 1.54) is 6.08 Å². The van der Waals surface area contributed by atoms with Gasteiger partial charge < -0.3 is 20.1 Å². The molecule has 0 aliphatic carbocycles. The number of rotatable bonds is 8. The normalized spacial score (nSPS) is 10.6. The highest BCUT2D eigenvalue weighted by Crippen LogP contribution is 2.24. The van der Waals surface area contributed by atoms with Gasteiger partial charge in [-0.25, -0.2) is 0 Å². The molecule has 2 N–H and O–H groups in total. The molecule has 0 aliphatic heterocycles. The van der Waals surface area contributed by atoms with Crippen molar-refractivity contribution in [3.63, 3.8) is 0 Å². The van der Waals surface area contributed by atoms with Gasteiger partial charge >= 0.3 is 0 Å². The molecule has 7 nitrogen and oxygen atoms in total. The smallest absolute Gasteiger partial charge is 0.266 e. The van der Waals surface area contributed by atoms with Crippen LogP contribution in [-0.4, -0.2) is 25.5 Å². The monoisotopic (exact) mass is 461 g/mol. The lowest BCUT2D eigenvalue weighted by Gasteiger charge is -2.11. The third-order valence-electron chi connectivity index (χ3n) is 4.44. The molecule has 0 atom stereocenters. The van der Waals surface area contributed by atoms with Gasteiger partial charge in [-0.05, 0) is 48.5 Å². The summed E-state index contributed by atoms with van der Waals surface area (Å²) < 4.78 is 10.7. The van der Waals surface area contributed by atoms with Crippen molar-refractivity contribution in [1.82, 2.24) is 0 Å². The molecule has 3 aromatic rings. The summed E-state index contributed by atoms with van der Waals surface area (Å²) in [5.41, 5.74) is 1.32. The summed E-state index contributed by atoms with van der Waals surface area (Å²) in [5.74, 6) is 0.0473.